The number of fused-ring (bicyclic) bond motifs is 1. The molecule has 1 aliphatic heterocycles. The highest BCUT2D eigenvalue weighted by Crippen LogP contribution is 2.33. The first-order valence-corrected chi connectivity index (χ1v) is 11.9. The van der Waals surface area contributed by atoms with Crippen LogP contribution in [0.2, 0.25) is 0 Å². The van der Waals surface area contributed by atoms with Gasteiger partial charge >= 0.3 is 5.97 Å². The second-order valence-corrected chi connectivity index (χ2v) is 9.16. The number of rotatable bonds is 7. The van der Waals surface area contributed by atoms with Crippen molar-refractivity contribution in [2.75, 3.05) is 29.9 Å². The van der Waals surface area contributed by atoms with E-state index in [1.165, 1.54) is 48.4 Å². The van der Waals surface area contributed by atoms with Gasteiger partial charge in [0, 0.05) is 5.69 Å². The number of carbonyl (C=O) groups is 2. The molecule has 1 heterocycles. The van der Waals surface area contributed by atoms with Crippen LogP contribution in [-0.4, -0.2) is 46.7 Å². The van der Waals surface area contributed by atoms with Gasteiger partial charge in [0.15, 0.2) is 6.61 Å². The van der Waals surface area contributed by atoms with Crippen LogP contribution in [0.15, 0.2) is 77.7 Å². The summed E-state index contributed by atoms with van der Waals surface area (Å²) in [6.07, 6.45) is -0.975. The molecule has 0 saturated carbocycles. The van der Waals surface area contributed by atoms with Crippen LogP contribution in [0.3, 0.4) is 0 Å². The highest BCUT2D eigenvalue weighted by atomic mass is 32.2. The SMILES string of the molecule is COC(=O)C1CN(C(=O)COc2ccc(S(=O)(=O)Nc3ccc(F)cc3)cc2)c2ccccc2O1. The summed E-state index contributed by atoms with van der Waals surface area (Å²) in [5.74, 6) is -0.880. The summed E-state index contributed by atoms with van der Waals surface area (Å²) in [4.78, 5) is 26.2. The zero-order valence-corrected chi connectivity index (χ0v) is 19.3. The van der Waals surface area contributed by atoms with Gasteiger partial charge < -0.3 is 19.1 Å². The summed E-state index contributed by atoms with van der Waals surface area (Å²) in [6.45, 7) is -0.403. The Balaban J connectivity index is 1.42. The van der Waals surface area contributed by atoms with Gasteiger partial charge in [0.25, 0.3) is 15.9 Å². The maximum atomic E-state index is 13.0. The Bertz CT molecular complexity index is 1330. The number of halogens is 1. The Morgan fingerprint density at radius 1 is 1.06 bits per heavy atom. The highest BCUT2D eigenvalue weighted by Gasteiger charge is 2.34. The number of esters is 1. The molecule has 4 rings (SSSR count). The number of hydrogen-bond donors (Lipinski definition) is 1. The van der Waals surface area contributed by atoms with Crippen molar-refractivity contribution < 1.29 is 36.6 Å². The number of nitrogens with zero attached hydrogens (tertiary/aromatic N) is 1. The number of anilines is 2. The Labute approximate surface area is 201 Å². The Morgan fingerprint density at radius 3 is 2.43 bits per heavy atom. The lowest BCUT2D eigenvalue weighted by molar-refractivity contribution is -0.148. The van der Waals surface area contributed by atoms with Gasteiger partial charge in [-0.3, -0.25) is 9.52 Å². The number of methoxy groups -OCH3 is 1. The third kappa shape index (κ3) is 5.52. The minimum absolute atomic E-state index is 0.0384. The second-order valence-electron chi connectivity index (χ2n) is 7.47. The summed E-state index contributed by atoms with van der Waals surface area (Å²) in [6, 6.07) is 17.2. The van der Waals surface area contributed by atoms with Crippen molar-refractivity contribution >= 4 is 33.3 Å². The van der Waals surface area contributed by atoms with Crippen molar-refractivity contribution in [3.63, 3.8) is 0 Å². The number of nitrogens with one attached hydrogen (secondary N) is 1. The molecule has 3 aromatic carbocycles. The van der Waals surface area contributed by atoms with Gasteiger partial charge in [-0.2, -0.15) is 0 Å². The van der Waals surface area contributed by atoms with Gasteiger partial charge in [0.1, 0.15) is 17.3 Å². The van der Waals surface area contributed by atoms with Crippen molar-refractivity contribution in [3.05, 3.63) is 78.6 Å². The lowest BCUT2D eigenvalue weighted by Crippen LogP contribution is -2.48. The van der Waals surface area contributed by atoms with Crippen LogP contribution in [0.1, 0.15) is 0 Å². The van der Waals surface area contributed by atoms with Gasteiger partial charge in [0.05, 0.1) is 24.2 Å². The Kier molecular flexibility index (Phi) is 6.87. The van der Waals surface area contributed by atoms with E-state index in [-0.39, 0.29) is 29.5 Å². The van der Waals surface area contributed by atoms with Crippen molar-refractivity contribution in [1.82, 2.24) is 0 Å². The van der Waals surface area contributed by atoms with E-state index in [0.29, 0.717) is 11.4 Å². The van der Waals surface area contributed by atoms with Crippen LogP contribution in [0, 0.1) is 5.82 Å². The van der Waals surface area contributed by atoms with E-state index in [9.17, 15) is 22.4 Å². The van der Waals surface area contributed by atoms with E-state index < -0.39 is 33.8 Å². The van der Waals surface area contributed by atoms with Gasteiger partial charge in [-0.1, -0.05) is 12.1 Å². The van der Waals surface area contributed by atoms with Crippen LogP contribution in [0.5, 0.6) is 11.5 Å². The molecule has 0 saturated heterocycles. The highest BCUT2D eigenvalue weighted by molar-refractivity contribution is 7.92. The van der Waals surface area contributed by atoms with Crippen LogP contribution in [0.4, 0.5) is 15.8 Å². The second kappa shape index (κ2) is 10.0. The molecule has 0 fully saturated rings. The van der Waals surface area contributed by atoms with Gasteiger partial charge in [-0.05, 0) is 60.7 Å². The third-order valence-electron chi connectivity index (χ3n) is 5.13. The van der Waals surface area contributed by atoms with E-state index in [2.05, 4.69) is 4.72 Å². The molecule has 1 N–H and O–H groups in total. The normalized spacial score (nSPS) is 14.9. The Morgan fingerprint density at radius 2 is 1.74 bits per heavy atom. The van der Waals surface area contributed by atoms with Gasteiger partial charge in [-0.25, -0.2) is 17.6 Å². The molecule has 1 amide bonds. The molecule has 182 valence electrons. The molecule has 0 aliphatic carbocycles. The van der Waals surface area contributed by atoms with Gasteiger partial charge in [0.2, 0.25) is 6.10 Å². The molecular formula is C24H21FN2O7S. The number of ether oxygens (including phenoxy) is 3. The zero-order chi connectivity index (χ0) is 25.0. The Hall–Kier alpha value is -4.12. The fourth-order valence-electron chi connectivity index (χ4n) is 3.39. The predicted molar refractivity (Wildman–Crippen MR) is 124 cm³/mol. The molecule has 1 aliphatic rings. The maximum Gasteiger partial charge on any atom is 0.348 e. The van der Waals surface area contributed by atoms with E-state index in [4.69, 9.17) is 14.2 Å². The van der Waals surface area contributed by atoms with Crippen LogP contribution < -0.4 is 19.1 Å². The average molecular weight is 501 g/mol. The quantitative estimate of drug-likeness (QED) is 0.497. The van der Waals surface area contributed by atoms with E-state index in [1.54, 1.807) is 24.3 Å². The molecule has 0 spiro atoms. The summed E-state index contributed by atoms with van der Waals surface area (Å²) in [7, 11) is -2.67. The minimum atomic E-state index is -3.90. The zero-order valence-electron chi connectivity index (χ0n) is 18.5. The summed E-state index contributed by atoms with van der Waals surface area (Å²) in [5.41, 5.74) is 0.711. The molecule has 0 radical (unpaired) electrons. The summed E-state index contributed by atoms with van der Waals surface area (Å²) >= 11 is 0. The number of para-hydroxylation sites is 2. The summed E-state index contributed by atoms with van der Waals surface area (Å²) < 4.78 is 56.4. The first-order chi connectivity index (χ1) is 16.8. The number of hydrogen-bond acceptors (Lipinski definition) is 7. The lowest BCUT2D eigenvalue weighted by atomic mass is 10.2. The van der Waals surface area contributed by atoms with E-state index >= 15 is 0 Å². The standard InChI is InChI=1S/C24H21FN2O7S/c1-32-24(29)22-14-27(20-4-2-3-5-21(20)34-22)23(28)15-33-18-10-12-19(13-11-18)35(30,31)26-17-8-6-16(25)7-9-17/h2-13,22,26H,14-15H2,1H3. The molecule has 3 aromatic rings. The van der Waals surface area contributed by atoms with Crippen molar-refractivity contribution in [2.24, 2.45) is 0 Å². The van der Waals surface area contributed by atoms with Crippen molar-refractivity contribution in [3.8, 4) is 11.5 Å². The smallest absolute Gasteiger partial charge is 0.348 e. The van der Waals surface area contributed by atoms with Crippen LogP contribution in [-0.2, 0) is 24.3 Å². The molecule has 11 heteroatoms. The van der Waals surface area contributed by atoms with Crippen molar-refractivity contribution in [1.29, 1.82) is 0 Å². The third-order valence-corrected chi connectivity index (χ3v) is 6.53. The molecule has 1 atom stereocenters. The fourth-order valence-corrected chi connectivity index (χ4v) is 4.45. The maximum absolute atomic E-state index is 13.0. The minimum Gasteiger partial charge on any atom is -0.484 e. The predicted octanol–water partition coefficient (Wildman–Crippen LogP) is 2.97. The molecule has 9 nitrogen and oxygen atoms in total. The first kappa shape index (κ1) is 24.0. The van der Waals surface area contributed by atoms with Crippen molar-refractivity contribution in [2.45, 2.75) is 11.0 Å². The number of benzene rings is 3. The lowest BCUT2D eigenvalue weighted by Gasteiger charge is -2.33. The van der Waals surface area contributed by atoms with Crippen LogP contribution >= 0.6 is 0 Å². The molecule has 35 heavy (non-hydrogen) atoms. The number of sulfonamides is 1. The number of amides is 1. The first-order valence-electron chi connectivity index (χ1n) is 10.4. The van der Waals surface area contributed by atoms with E-state index in [0.717, 1.165) is 12.1 Å². The molecular weight excluding hydrogens is 479 g/mol. The van der Waals surface area contributed by atoms with Gasteiger partial charge in [-0.15, -0.1) is 0 Å². The summed E-state index contributed by atoms with van der Waals surface area (Å²) in [5, 5.41) is 0. The molecule has 0 aromatic heterocycles. The monoisotopic (exact) mass is 500 g/mol. The van der Waals surface area contributed by atoms with Crippen LogP contribution in [0.25, 0.3) is 0 Å². The molecule has 1 unspecified atom stereocenters. The molecule has 0 bridgehead atoms. The average Bonchev–Trinajstić information content (AvgIpc) is 2.87. The van der Waals surface area contributed by atoms with E-state index in [1.807, 2.05) is 0 Å². The number of carbonyl (C=O) groups excluding carboxylic acids is 2. The fraction of sp³-hybridized carbons (Fsp3) is 0.167. The largest absolute Gasteiger partial charge is 0.484 e. The topological polar surface area (TPSA) is 111 Å².